The van der Waals surface area contributed by atoms with Crippen LogP contribution >= 0.6 is 31.9 Å². The summed E-state index contributed by atoms with van der Waals surface area (Å²) in [4.78, 5) is 0. The molecule has 1 aromatic carbocycles. The zero-order valence-corrected chi connectivity index (χ0v) is 12.8. The molecule has 1 saturated heterocycles. The Hall–Kier alpha value is -0.100. The molecule has 0 saturated carbocycles. The number of rotatable bonds is 4. The molecular formula is C12H15Br2NO2. The van der Waals surface area contributed by atoms with Crippen LogP contribution in [-0.4, -0.2) is 26.4 Å². The molecule has 1 unspecified atom stereocenters. The summed E-state index contributed by atoms with van der Waals surface area (Å²) in [7, 11) is 1.67. The van der Waals surface area contributed by atoms with Crippen molar-refractivity contribution in [3.8, 4) is 5.75 Å². The van der Waals surface area contributed by atoms with E-state index in [1.54, 1.807) is 7.11 Å². The fourth-order valence-electron chi connectivity index (χ4n) is 1.87. The highest BCUT2D eigenvalue weighted by Gasteiger charge is 2.15. The summed E-state index contributed by atoms with van der Waals surface area (Å²) in [6.45, 7) is 2.53. The van der Waals surface area contributed by atoms with Gasteiger partial charge < -0.3 is 14.8 Å². The Morgan fingerprint density at radius 2 is 2.12 bits per heavy atom. The molecule has 17 heavy (non-hydrogen) atoms. The Bertz CT molecular complexity index is 369. The molecule has 0 spiro atoms. The highest BCUT2D eigenvalue weighted by atomic mass is 79.9. The van der Waals surface area contributed by atoms with Crippen molar-refractivity contribution in [1.29, 1.82) is 0 Å². The molecule has 1 N–H and O–H groups in total. The van der Waals surface area contributed by atoms with Gasteiger partial charge in [0.2, 0.25) is 0 Å². The predicted molar refractivity (Wildman–Crippen MR) is 74.5 cm³/mol. The van der Waals surface area contributed by atoms with E-state index in [-0.39, 0.29) is 0 Å². The molecule has 1 aliphatic heterocycles. The molecule has 1 fully saturated rings. The van der Waals surface area contributed by atoms with E-state index in [0.29, 0.717) is 6.04 Å². The van der Waals surface area contributed by atoms with E-state index in [2.05, 4.69) is 49.3 Å². The second-order valence-corrected chi connectivity index (χ2v) is 5.74. The third-order valence-corrected chi connectivity index (χ3v) is 3.96. The highest BCUT2D eigenvalue weighted by Crippen LogP contribution is 2.34. The van der Waals surface area contributed by atoms with Gasteiger partial charge in [-0.3, -0.25) is 0 Å². The van der Waals surface area contributed by atoms with Crippen LogP contribution in [0.3, 0.4) is 0 Å². The minimum absolute atomic E-state index is 0.481. The topological polar surface area (TPSA) is 30.5 Å². The first-order chi connectivity index (χ1) is 8.20. The van der Waals surface area contributed by atoms with Gasteiger partial charge in [-0.05, 0) is 56.0 Å². The maximum Gasteiger partial charge on any atom is 0.147 e. The van der Waals surface area contributed by atoms with Gasteiger partial charge in [0, 0.05) is 19.2 Å². The highest BCUT2D eigenvalue weighted by molar-refractivity contribution is 9.11. The normalized spacial score (nSPS) is 19.6. The Kier molecular flexibility index (Phi) is 4.85. The monoisotopic (exact) mass is 363 g/mol. The maximum atomic E-state index is 5.33. The van der Waals surface area contributed by atoms with Gasteiger partial charge in [-0.25, -0.2) is 0 Å². The van der Waals surface area contributed by atoms with Crippen molar-refractivity contribution in [2.45, 2.75) is 19.0 Å². The van der Waals surface area contributed by atoms with Crippen LogP contribution < -0.4 is 10.1 Å². The van der Waals surface area contributed by atoms with Crippen LogP contribution in [-0.2, 0) is 11.3 Å². The van der Waals surface area contributed by atoms with Gasteiger partial charge >= 0.3 is 0 Å². The van der Waals surface area contributed by atoms with Crippen molar-refractivity contribution in [3.05, 3.63) is 26.6 Å². The van der Waals surface area contributed by atoms with Crippen LogP contribution in [0.4, 0.5) is 0 Å². The Labute approximate surface area is 118 Å². The quantitative estimate of drug-likeness (QED) is 0.890. The summed E-state index contributed by atoms with van der Waals surface area (Å²) < 4.78 is 12.5. The first-order valence-electron chi connectivity index (χ1n) is 5.53. The minimum atomic E-state index is 0.481. The van der Waals surface area contributed by atoms with Crippen LogP contribution in [0.2, 0.25) is 0 Å². The second-order valence-electron chi connectivity index (χ2n) is 4.03. The third kappa shape index (κ3) is 3.44. The van der Waals surface area contributed by atoms with Crippen molar-refractivity contribution in [3.63, 3.8) is 0 Å². The summed E-state index contributed by atoms with van der Waals surface area (Å²) in [6, 6.07) is 4.63. The van der Waals surface area contributed by atoms with Gasteiger partial charge in [0.25, 0.3) is 0 Å². The Morgan fingerprint density at radius 1 is 1.41 bits per heavy atom. The number of halogens is 2. The van der Waals surface area contributed by atoms with Crippen molar-refractivity contribution < 1.29 is 9.47 Å². The fraction of sp³-hybridized carbons (Fsp3) is 0.500. The van der Waals surface area contributed by atoms with Gasteiger partial charge in [-0.15, -0.1) is 0 Å². The summed E-state index contributed by atoms with van der Waals surface area (Å²) in [5, 5.41) is 3.48. The molecule has 2 rings (SSSR count). The van der Waals surface area contributed by atoms with Crippen molar-refractivity contribution in [2.24, 2.45) is 0 Å². The second kappa shape index (κ2) is 6.18. The van der Waals surface area contributed by atoms with Gasteiger partial charge in [0.15, 0.2) is 0 Å². The first kappa shape index (κ1) is 13.3. The van der Waals surface area contributed by atoms with Crippen LogP contribution in [0.25, 0.3) is 0 Å². The molecule has 0 bridgehead atoms. The van der Waals surface area contributed by atoms with Gasteiger partial charge in [-0.2, -0.15) is 0 Å². The average molecular weight is 365 g/mol. The number of benzene rings is 1. The van der Waals surface area contributed by atoms with Crippen LogP contribution in [0.15, 0.2) is 21.1 Å². The molecular weight excluding hydrogens is 350 g/mol. The smallest absolute Gasteiger partial charge is 0.147 e. The van der Waals surface area contributed by atoms with E-state index < -0.39 is 0 Å². The van der Waals surface area contributed by atoms with Crippen LogP contribution in [0.1, 0.15) is 12.0 Å². The number of methoxy groups -OCH3 is 1. The lowest BCUT2D eigenvalue weighted by molar-refractivity contribution is 0.190. The Morgan fingerprint density at radius 3 is 2.65 bits per heavy atom. The summed E-state index contributed by atoms with van der Waals surface area (Å²) in [5.74, 6) is 0.831. The first-order valence-corrected chi connectivity index (χ1v) is 7.12. The summed E-state index contributed by atoms with van der Waals surface area (Å²) in [5.41, 5.74) is 1.22. The number of nitrogens with one attached hydrogen (secondary N) is 1. The molecule has 1 aliphatic rings. The molecule has 0 radical (unpaired) electrons. The molecule has 1 atom stereocenters. The Balaban J connectivity index is 2.01. The van der Waals surface area contributed by atoms with E-state index >= 15 is 0 Å². The SMILES string of the molecule is COc1c(Br)cc(CNC2CCOC2)cc1Br. The lowest BCUT2D eigenvalue weighted by Crippen LogP contribution is -2.28. The van der Waals surface area contributed by atoms with Gasteiger partial charge in [0.1, 0.15) is 5.75 Å². The minimum Gasteiger partial charge on any atom is -0.494 e. The van der Waals surface area contributed by atoms with Gasteiger partial charge in [-0.1, -0.05) is 0 Å². The summed E-state index contributed by atoms with van der Waals surface area (Å²) >= 11 is 7.01. The molecule has 94 valence electrons. The molecule has 1 aromatic rings. The lowest BCUT2D eigenvalue weighted by Gasteiger charge is -2.13. The van der Waals surface area contributed by atoms with Crippen molar-refractivity contribution >= 4 is 31.9 Å². The van der Waals surface area contributed by atoms with E-state index in [4.69, 9.17) is 9.47 Å². The van der Waals surface area contributed by atoms with E-state index in [9.17, 15) is 0 Å². The number of ether oxygens (including phenoxy) is 2. The number of hydrogen-bond donors (Lipinski definition) is 1. The third-order valence-electron chi connectivity index (χ3n) is 2.79. The van der Waals surface area contributed by atoms with Crippen LogP contribution in [0, 0.1) is 0 Å². The molecule has 0 aromatic heterocycles. The molecule has 0 aliphatic carbocycles. The molecule has 3 nitrogen and oxygen atoms in total. The zero-order chi connectivity index (χ0) is 12.3. The maximum absolute atomic E-state index is 5.33. The largest absolute Gasteiger partial charge is 0.494 e. The van der Waals surface area contributed by atoms with Gasteiger partial charge in [0.05, 0.1) is 22.7 Å². The molecule has 5 heteroatoms. The van der Waals surface area contributed by atoms with Crippen LogP contribution in [0.5, 0.6) is 5.75 Å². The van der Waals surface area contributed by atoms with E-state index in [1.165, 1.54) is 5.56 Å². The average Bonchev–Trinajstić information content (AvgIpc) is 2.79. The molecule has 0 amide bonds. The predicted octanol–water partition coefficient (Wildman–Crippen LogP) is 3.10. The number of hydrogen-bond acceptors (Lipinski definition) is 3. The molecule has 1 heterocycles. The lowest BCUT2D eigenvalue weighted by atomic mass is 10.2. The summed E-state index contributed by atoms with van der Waals surface area (Å²) in [6.07, 6.45) is 1.10. The standard InChI is InChI=1S/C12H15Br2NO2/c1-16-12-10(13)4-8(5-11(12)14)6-15-9-2-3-17-7-9/h4-5,9,15H,2-3,6-7H2,1H3. The van der Waals surface area contributed by atoms with Crippen molar-refractivity contribution in [2.75, 3.05) is 20.3 Å². The van der Waals surface area contributed by atoms with E-state index in [1.807, 2.05) is 0 Å². The zero-order valence-electron chi connectivity index (χ0n) is 9.63. The fourth-order valence-corrected chi connectivity index (χ4v) is 3.47. The van der Waals surface area contributed by atoms with E-state index in [0.717, 1.165) is 40.9 Å². The van der Waals surface area contributed by atoms with Crippen molar-refractivity contribution in [1.82, 2.24) is 5.32 Å².